The second-order valence-corrected chi connectivity index (χ2v) is 5.09. The zero-order valence-electron chi connectivity index (χ0n) is 12.3. The molecule has 0 bridgehead atoms. The zero-order chi connectivity index (χ0) is 15.1. The molecular formula is C16H22FNO2. The number of benzene rings is 1. The summed E-state index contributed by atoms with van der Waals surface area (Å²) in [6.45, 7) is 8.10. The molecule has 0 saturated carbocycles. The van der Waals surface area contributed by atoms with Gasteiger partial charge in [0.05, 0.1) is 0 Å². The smallest absolute Gasteiger partial charge is 0.328 e. The molecule has 1 N–H and O–H groups in total. The van der Waals surface area contributed by atoms with Crippen LogP contribution in [-0.2, 0) is 11.3 Å². The fourth-order valence-electron chi connectivity index (χ4n) is 2.02. The molecule has 0 aliphatic heterocycles. The second-order valence-electron chi connectivity index (χ2n) is 5.09. The Morgan fingerprint density at radius 1 is 1.45 bits per heavy atom. The van der Waals surface area contributed by atoms with Gasteiger partial charge in [0.1, 0.15) is 5.82 Å². The van der Waals surface area contributed by atoms with Gasteiger partial charge in [-0.25, -0.2) is 9.18 Å². The lowest BCUT2D eigenvalue weighted by molar-refractivity contribution is -0.131. The van der Waals surface area contributed by atoms with Crippen molar-refractivity contribution in [2.45, 2.75) is 39.8 Å². The Balaban J connectivity index is 2.91. The highest BCUT2D eigenvalue weighted by Gasteiger charge is 2.10. The summed E-state index contributed by atoms with van der Waals surface area (Å²) in [7, 11) is 0. The topological polar surface area (TPSA) is 40.5 Å². The molecule has 0 saturated heterocycles. The van der Waals surface area contributed by atoms with Crippen molar-refractivity contribution in [3.05, 3.63) is 41.2 Å². The van der Waals surface area contributed by atoms with E-state index in [0.717, 1.165) is 31.1 Å². The highest BCUT2D eigenvalue weighted by molar-refractivity contribution is 5.85. The van der Waals surface area contributed by atoms with Crippen LogP contribution in [0, 0.1) is 5.82 Å². The average molecular weight is 279 g/mol. The molecule has 0 fully saturated rings. The summed E-state index contributed by atoms with van der Waals surface area (Å²) in [5.74, 6) is -1.48. The predicted molar refractivity (Wildman–Crippen MR) is 78.9 cm³/mol. The van der Waals surface area contributed by atoms with Gasteiger partial charge in [-0.1, -0.05) is 13.0 Å². The number of carboxylic acid groups (broad SMARTS) is 1. The van der Waals surface area contributed by atoms with E-state index in [9.17, 15) is 9.18 Å². The van der Waals surface area contributed by atoms with Gasteiger partial charge in [-0.05, 0) is 50.6 Å². The van der Waals surface area contributed by atoms with E-state index < -0.39 is 11.8 Å². The average Bonchev–Trinajstić information content (AvgIpc) is 2.38. The van der Waals surface area contributed by atoms with Crippen molar-refractivity contribution in [3.8, 4) is 0 Å². The van der Waals surface area contributed by atoms with Crippen LogP contribution in [0.3, 0.4) is 0 Å². The minimum atomic E-state index is -1.08. The standard InChI is InChI=1S/C16H22FNO2/c1-4-9-18(12(2)3)11-13-5-7-15(17)14(10-13)6-8-16(19)20/h5-8,10,12H,4,9,11H2,1-3H3,(H,19,20). The van der Waals surface area contributed by atoms with Crippen LogP contribution >= 0.6 is 0 Å². The molecule has 0 aliphatic rings. The Labute approximate surface area is 119 Å². The minimum absolute atomic E-state index is 0.310. The molecule has 0 spiro atoms. The van der Waals surface area contributed by atoms with E-state index in [1.807, 2.05) is 0 Å². The van der Waals surface area contributed by atoms with Crippen molar-refractivity contribution in [2.24, 2.45) is 0 Å². The Bertz CT molecular complexity index is 483. The number of rotatable bonds is 7. The van der Waals surface area contributed by atoms with Gasteiger partial charge in [-0.15, -0.1) is 0 Å². The number of hydrogen-bond donors (Lipinski definition) is 1. The fraction of sp³-hybridized carbons (Fsp3) is 0.438. The normalized spacial score (nSPS) is 11.7. The Morgan fingerprint density at radius 2 is 2.15 bits per heavy atom. The molecule has 0 radical (unpaired) electrons. The van der Waals surface area contributed by atoms with Crippen LogP contribution < -0.4 is 0 Å². The summed E-state index contributed by atoms with van der Waals surface area (Å²) in [6.07, 6.45) is 3.31. The SMILES string of the molecule is CCCN(Cc1ccc(F)c(C=CC(=O)O)c1)C(C)C. The Kier molecular flexibility index (Phi) is 6.39. The van der Waals surface area contributed by atoms with E-state index >= 15 is 0 Å². The minimum Gasteiger partial charge on any atom is -0.478 e. The predicted octanol–water partition coefficient (Wildman–Crippen LogP) is 3.54. The monoisotopic (exact) mass is 279 g/mol. The van der Waals surface area contributed by atoms with Gasteiger partial charge in [0.15, 0.2) is 0 Å². The summed E-state index contributed by atoms with van der Waals surface area (Å²) < 4.78 is 13.6. The quantitative estimate of drug-likeness (QED) is 0.776. The van der Waals surface area contributed by atoms with E-state index in [-0.39, 0.29) is 0 Å². The Morgan fingerprint density at radius 3 is 2.70 bits per heavy atom. The van der Waals surface area contributed by atoms with E-state index in [1.54, 1.807) is 12.1 Å². The molecule has 0 heterocycles. The molecule has 20 heavy (non-hydrogen) atoms. The largest absolute Gasteiger partial charge is 0.478 e. The van der Waals surface area contributed by atoms with Gasteiger partial charge in [-0.2, -0.15) is 0 Å². The maximum absolute atomic E-state index is 13.6. The molecule has 110 valence electrons. The third kappa shape index (κ3) is 5.13. The van der Waals surface area contributed by atoms with Crippen LogP contribution in [-0.4, -0.2) is 28.6 Å². The lowest BCUT2D eigenvalue weighted by Gasteiger charge is -2.26. The number of carbonyl (C=O) groups is 1. The van der Waals surface area contributed by atoms with Crippen LogP contribution in [0.15, 0.2) is 24.3 Å². The van der Waals surface area contributed by atoms with Gasteiger partial charge in [-0.3, -0.25) is 4.90 Å². The highest BCUT2D eigenvalue weighted by atomic mass is 19.1. The number of nitrogens with zero attached hydrogens (tertiary/aromatic N) is 1. The molecule has 0 atom stereocenters. The first-order valence-electron chi connectivity index (χ1n) is 6.87. The van der Waals surface area contributed by atoms with Crippen molar-refractivity contribution in [1.82, 2.24) is 4.90 Å². The van der Waals surface area contributed by atoms with Crippen molar-refractivity contribution in [3.63, 3.8) is 0 Å². The van der Waals surface area contributed by atoms with E-state index in [4.69, 9.17) is 5.11 Å². The number of aliphatic carboxylic acids is 1. The first kappa shape index (κ1) is 16.4. The summed E-state index contributed by atoms with van der Waals surface area (Å²) in [5, 5.41) is 8.61. The van der Waals surface area contributed by atoms with Crippen molar-refractivity contribution in [2.75, 3.05) is 6.54 Å². The van der Waals surface area contributed by atoms with Gasteiger partial charge in [0.2, 0.25) is 0 Å². The van der Waals surface area contributed by atoms with Crippen molar-refractivity contribution < 1.29 is 14.3 Å². The maximum Gasteiger partial charge on any atom is 0.328 e. The molecule has 0 amide bonds. The molecule has 1 rings (SSSR count). The van der Waals surface area contributed by atoms with Gasteiger partial charge < -0.3 is 5.11 Å². The molecule has 0 aliphatic carbocycles. The van der Waals surface area contributed by atoms with E-state index in [0.29, 0.717) is 11.6 Å². The Hall–Kier alpha value is -1.68. The summed E-state index contributed by atoms with van der Waals surface area (Å²) >= 11 is 0. The number of carboxylic acids is 1. The first-order valence-corrected chi connectivity index (χ1v) is 6.87. The number of hydrogen-bond acceptors (Lipinski definition) is 2. The molecular weight excluding hydrogens is 257 g/mol. The maximum atomic E-state index is 13.6. The van der Waals surface area contributed by atoms with Gasteiger partial charge in [0, 0.05) is 24.2 Å². The van der Waals surface area contributed by atoms with Crippen LogP contribution in [0.25, 0.3) is 6.08 Å². The molecule has 3 nitrogen and oxygen atoms in total. The number of halogens is 1. The second kappa shape index (κ2) is 7.80. The van der Waals surface area contributed by atoms with E-state index in [1.165, 1.54) is 12.1 Å². The molecule has 1 aromatic rings. The summed E-state index contributed by atoms with van der Waals surface area (Å²) in [6, 6.07) is 5.26. The lowest BCUT2D eigenvalue weighted by Crippen LogP contribution is -2.31. The van der Waals surface area contributed by atoms with E-state index in [2.05, 4.69) is 25.7 Å². The zero-order valence-corrected chi connectivity index (χ0v) is 12.3. The molecule has 0 aromatic heterocycles. The van der Waals surface area contributed by atoms with Crippen LogP contribution in [0.5, 0.6) is 0 Å². The molecule has 0 unspecified atom stereocenters. The van der Waals surface area contributed by atoms with Crippen molar-refractivity contribution >= 4 is 12.0 Å². The van der Waals surface area contributed by atoms with Gasteiger partial charge in [0.25, 0.3) is 0 Å². The van der Waals surface area contributed by atoms with Crippen LogP contribution in [0.2, 0.25) is 0 Å². The molecule has 4 heteroatoms. The molecule has 1 aromatic carbocycles. The third-order valence-corrected chi connectivity index (χ3v) is 3.09. The third-order valence-electron chi connectivity index (χ3n) is 3.09. The van der Waals surface area contributed by atoms with Crippen LogP contribution in [0.1, 0.15) is 38.3 Å². The summed E-state index contributed by atoms with van der Waals surface area (Å²) in [5.41, 5.74) is 1.30. The van der Waals surface area contributed by atoms with Crippen molar-refractivity contribution in [1.29, 1.82) is 0 Å². The first-order chi connectivity index (χ1) is 9.43. The van der Waals surface area contributed by atoms with Crippen LogP contribution in [0.4, 0.5) is 4.39 Å². The van der Waals surface area contributed by atoms with Gasteiger partial charge >= 0.3 is 5.97 Å². The highest BCUT2D eigenvalue weighted by Crippen LogP contribution is 2.15. The fourth-order valence-corrected chi connectivity index (χ4v) is 2.02. The summed E-state index contributed by atoms with van der Waals surface area (Å²) in [4.78, 5) is 12.8. The lowest BCUT2D eigenvalue weighted by atomic mass is 10.1.